The van der Waals surface area contributed by atoms with E-state index in [1.165, 1.54) is 6.20 Å². The maximum absolute atomic E-state index is 5.81. The number of hydrogen-bond donors (Lipinski definition) is 1. The molecule has 0 atom stereocenters. The molecular formula is C13H15N3O2. The van der Waals surface area contributed by atoms with Gasteiger partial charge in [-0.25, -0.2) is 9.97 Å². The lowest BCUT2D eigenvalue weighted by atomic mass is 10.1. The number of ether oxygens (including phenoxy) is 2. The fraction of sp³-hybridized carbons (Fsp3) is 0.231. The summed E-state index contributed by atoms with van der Waals surface area (Å²) in [7, 11) is 1.54. The Kier molecular flexibility index (Phi) is 3.62. The van der Waals surface area contributed by atoms with Gasteiger partial charge < -0.3 is 15.2 Å². The number of anilines is 1. The van der Waals surface area contributed by atoms with E-state index in [1.54, 1.807) is 7.11 Å². The zero-order valence-corrected chi connectivity index (χ0v) is 10.4. The maximum Gasteiger partial charge on any atom is 0.232 e. The highest BCUT2D eigenvalue weighted by Crippen LogP contribution is 2.25. The van der Waals surface area contributed by atoms with Crippen LogP contribution in [0.15, 0.2) is 30.5 Å². The molecule has 2 N–H and O–H groups in total. The Balaban J connectivity index is 2.35. The highest BCUT2D eigenvalue weighted by Gasteiger charge is 2.07. The van der Waals surface area contributed by atoms with Crippen LogP contribution in [-0.2, 0) is 0 Å². The lowest BCUT2D eigenvalue weighted by molar-refractivity contribution is 0.340. The average Bonchev–Trinajstić information content (AvgIpc) is 2.41. The van der Waals surface area contributed by atoms with Gasteiger partial charge in [-0.15, -0.1) is 0 Å². The van der Waals surface area contributed by atoms with E-state index in [1.807, 2.05) is 31.2 Å². The largest absolute Gasteiger partial charge is 0.494 e. The summed E-state index contributed by atoms with van der Waals surface area (Å²) in [6.45, 7) is 2.58. The Morgan fingerprint density at radius 1 is 1.22 bits per heavy atom. The summed E-state index contributed by atoms with van der Waals surface area (Å²) >= 11 is 0. The molecule has 1 heterocycles. The van der Waals surface area contributed by atoms with E-state index in [2.05, 4.69) is 9.97 Å². The lowest BCUT2D eigenvalue weighted by Gasteiger charge is -2.07. The van der Waals surface area contributed by atoms with Gasteiger partial charge in [0.05, 0.1) is 19.9 Å². The van der Waals surface area contributed by atoms with Crippen LogP contribution in [-0.4, -0.2) is 23.7 Å². The third-order valence-electron chi connectivity index (χ3n) is 2.43. The molecule has 5 nitrogen and oxygen atoms in total. The second kappa shape index (κ2) is 5.35. The van der Waals surface area contributed by atoms with Crippen LogP contribution >= 0.6 is 0 Å². The van der Waals surface area contributed by atoms with E-state index in [0.717, 1.165) is 11.3 Å². The Hall–Kier alpha value is -2.30. The van der Waals surface area contributed by atoms with E-state index in [-0.39, 0.29) is 0 Å². The number of nitrogens with zero attached hydrogens (tertiary/aromatic N) is 2. The van der Waals surface area contributed by atoms with Crippen LogP contribution in [0.5, 0.6) is 11.6 Å². The third kappa shape index (κ3) is 2.51. The molecule has 0 aliphatic heterocycles. The average molecular weight is 245 g/mol. The molecule has 94 valence electrons. The van der Waals surface area contributed by atoms with Crippen molar-refractivity contribution in [2.75, 3.05) is 19.5 Å². The number of nitrogens with two attached hydrogens (primary N) is 1. The summed E-state index contributed by atoms with van der Waals surface area (Å²) in [4.78, 5) is 8.33. The van der Waals surface area contributed by atoms with Gasteiger partial charge in [-0.3, -0.25) is 0 Å². The molecule has 0 aliphatic carbocycles. The summed E-state index contributed by atoms with van der Waals surface area (Å²) in [6, 6.07) is 7.54. The summed E-state index contributed by atoms with van der Waals surface area (Å²) in [5.41, 5.74) is 7.30. The quantitative estimate of drug-likeness (QED) is 0.893. The van der Waals surface area contributed by atoms with E-state index in [9.17, 15) is 0 Å². The van der Waals surface area contributed by atoms with E-state index in [4.69, 9.17) is 15.2 Å². The van der Waals surface area contributed by atoms with E-state index >= 15 is 0 Å². The van der Waals surface area contributed by atoms with Gasteiger partial charge in [-0.05, 0) is 31.2 Å². The summed E-state index contributed by atoms with van der Waals surface area (Å²) < 4.78 is 10.4. The Bertz CT molecular complexity index is 526. The molecule has 0 bridgehead atoms. The molecule has 5 heteroatoms. The van der Waals surface area contributed by atoms with Gasteiger partial charge in [0.15, 0.2) is 0 Å². The zero-order chi connectivity index (χ0) is 13.0. The second-order valence-corrected chi connectivity index (χ2v) is 3.60. The molecule has 0 spiro atoms. The molecule has 0 fully saturated rings. The first-order chi connectivity index (χ1) is 8.74. The first-order valence-electron chi connectivity index (χ1n) is 5.64. The number of hydrogen-bond acceptors (Lipinski definition) is 5. The zero-order valence-electron chi connectivity index (χ0n) is 10.4. The van der Waals surface area contributed by atoms with Crippen LogP contribution in [0.3, 0.4) is 0 Å². The van der Waals surface area contributed by atoms with Gasteiger partial charge in [-0.2, -0.15) is 0 Å². The van der Waals surface area contributed by atoms with Crippen molar-refractivity contribution in [2.24, 2.45) is 0 Å². The van der Waals surface area contributed by atoms with Crippen molar-refractivity contribution in [3.05, 3.63) is 30.5 Å². The van der Waals surface area contributed by atoms with Gasteiger partial charge in [0, 0.05) is 5.56 Å². The lowest BCUT2D eigenvalue weighted by Crippen LogP contribution is -1.99. The second-order valence-electron chi connectivity index (χ2n) is 3.60. The fourth-order valence-corrected chi connectivity index (χ4v) is 1.57. The molecule has 0 radical (unpaired) electrons. The van der Waals surface area contributed by atoms with Crippen molar-refractivity contribution in [2.45, 2.75) is 6.92 Å². The summed E-state index contributed by atoms with van der Waals surface area (Å²) in [5.74, 6) is 1.63. The summed E-state index contributed by atoms with van der Waals surface area (Å²) in [5, 5.41) is 0. The Morgan fingerprint density at radius 2 is 1.94 bits per heavy atom. The van der Waals surface area contributed by atoms with Gasteiger partial charge in [0.25, 0.3) is 0 Å². The molecule has 0 aliphatic rings. The molecule has 0 amide bonds. The van der Waals surface area contributed by atoms with Gasteiger partial charge in [0.1, 0.15) is 17.3 Å². The fourth-order valence-electron chi connectivity index (χ4n) is 1.57. The van der Waals surface area contributed by atoms with Gasteiger partial charge in [0.2, 0.25) is 5.88 Å². The smallest absolute Gasteiger partial charge is 0.232 e. The molecule has 1 aromatic carbocycles. The topological polar surface area (TPSA) is 70.3 Å². The standard InChI is InChI=1S/C13H15N3O2/c1-3-18-10-6-4-9(5-7-10)12-13(14)15-8-11(16-12)17-2/h4-8H,3H2,1-2H3,(H2,14,15). The number of nitrogen functional groups attached to an aromatic ring is 1. The third-order valence-corrected chi connectivity index (χ3v) is 2.43. The van der Waals surface area contributed by atoms with Crippen molar-refractivity contribution < 1.29 is 9.47 Å². The predicted octanol–water partition coefficient (Wildman–Crippen LogP) is 2.13. The van der Waals surface area contributed by atoms with Crippen LogP contribution in [0.2, 0.25) is 0 Å². The number of rotatable bonds is 4. The molecule has 2 aromatic rings. The molecule has 0 unspecified atom stereocenters. The summed E-state index contributed by atoms with van der Waals surface area (Å²) in [6.07, 6.45) is 1.49. The van der Waals surface area contributed by atoms with Crippen LogP contribution in [0.25, 0.3) is 11.3 Å². The monoisotopic (exact) mass is 245 g/mol. The molecule has 18 heavy (non-hydrogen) atoms. The van der Waals surface area contributed by atoms with Crippen LogP contribution in [0, 0.1) is 0 Å². The Morgan fingerprint density at radius 3 is 2.56 bits per heavy atom. The van der Waals surface area contributed by atoms with E-state index < -0.39 is 0 Å². The van der Waals surface area contributed by atoms with Gasteiger partial charge in [-0.1, -0.05) is 0 Å². The van der Waals surface area contributed by atoms with Crippen LogP contribution in [0.1, 0.15) is 6.92 Å². The predicted molar refractivity (Wildman–Crippen MR) is 69.6 cm³/mol. The number of aromatic nitrogens is 2. The molecular weight excluding hydrogens is 230 g/mol. The van der Waals surface area contributed by atoms with Crippen molar-refractivity contribution in [1.82, 2.24) is 9.97 Å². The molecule has 0 saturated heterocycles. The highest BCUT2D eigenvalue weighted by molar-refractivity contribution is 5.70. The van der Waals surface area contributed by atoms with Crippen LogP contribution < -0.4 is 15.2 Å². The van der Waals surface area contributed by atoms with Crippen molar-refractivity contribution in [1.29, 1.82) is 0 Å². The minimum Gasteiger partial charge on any atom is -0.494 e. The Labute approximate surface area is 106 Å². The minimum atomic E-state index is 0.375. The highest BCUT2D eigenvalue weighted by atomic mass is 16.5. The SMILES string of the molecule is CCOc1ccc(-c2nc(OC)cnc2N)cc1. The molecule has 2 rings (SSSR count). The normalized spacial score (nSPS) is 10.1. The number of benzene rings is 1. The van der Waals surface area contributed by atoms with E-state index in [0.29, 0.717) is 24.0 Å². The minimum absolute atomic E-state index is 0.375. The number of methoxy groups -OCH3 is 1. The maximum atomic E-state index is 5.81. The molecule has 1 aromatic heterocycles. The van der Waals surface area contributed by atoms with Crippen molar-refractivity contribution in [3.63, 3.8) is 0 Å². The molecule has 0 saturated carbocycles. The van der Waals surface area contributed by atoms with Crippen LogP contribution in [0.4, 0.5) is 5.82 Å². The first kappa shape index (κ1) is 12.2. The first-order valence-corrected chi connectivity index (χ1v) is 5.64. The van der Waals surface area contributed by atoms with Crippen molar-refractivity contribution >= 4 is 5.82 Å². The van der Waals surface area contributed by atoms with Gasteiger partial charge >= 0.3 is 0 Å². The van der Waals surface area contributed by atoms with Crippen molar-refractivity contribution in [3.8, 4) is 22.9 Å².